The fourth-order valence-corrected chi connectivity index (χ4v) is 2.97. The van der Waals surface area contributed by atoms with Crippen LogP contribution in [0.4, 0.5) is 0 Å². The van der Waals surface area contributed by atoms with Crippen LogP contribution in [-0.2, 0) is 25.6 Å². The van der Waals surface area contributed by atoms with Crippen molar-refractivity contribution in [2.45, 2.75) is 78.0 Å². The van der Waals surface area contributed by atoms with E-state index in [1.54, 1.807) is 0 Å². The van der Waals surface area contributed by atoms with E-state index in [-0.39, 0.29) is 24.7 Å². The molecule has 5 unspecified atom stereocenters. The smallest absolute Gasteiger partial charge is 0.326 e. The number of nitrogens with one attached hydrogen (secondary N) is 4. The Kier molecular flexibility index (Phi) is 10.8. The summed E-state index contributed by atoms with van der Waals surface area (Å²) in [6, 6.07) is -3.86. The largest absolute Gasteiger partial charge is 0.480 e. The van der Waals surface area contributed by atoms with Crippen LogP contribution < -0.4 is 21.7 Å². The van der Waals surface area contributed by atoms with Crippen LogP contribution in [0.3, 0.4) is 0 Å². The molecule has 0 fully saturated rings. The fourth-order valence-electron chi connectivity index (χ4n) is 2.97. The highest BCUT2D eigenvalue weighted by molar-refractivity contribution is 5.94. The van der Waals surface area contributed by atoms with Crippen molar-refractivity contribution in [2.75, 3.05) is 0 Å². The van der Waals surface area contributed by atoms with Crippen molar-refractivity contribution in [3.8, 4) is 0 Å². The molecule has 3 amide bonds. The standard InChI is InChI=1S/C21H36N6O5/c1-6-12(4)17(22)20(30)26-15(8-14-9-23-10-24-14)19(29)25-13(5)18(28)27-16(21(31)32)7-11(2)3/h9-13,15-17H,6-8,22H2,1-5H3,(H,23,24)(H,25,29)(H,26,30)(H,27,28)(H,31,32). The van der Waals surface area contributed by atoms with Crippen molar-refractivity contribution in [1.29, 1.82) is 0 Å². The molecule has 1 rings (SSSR count). The lowest BCUT2D eigenvalue weighted by molar-refractivity contribution is -0.142. The van der Waals surface area contributed by atoms with Crippen molar-refractivity contribution in [3.05, 3.63) is 18.2 Å². The maximum Gasteiger partial charge on any atom is 0.326 e. The number of aromatic amines is 1. The van der Waals surface area contributed by atoms with Gasteiger partial charge in [0.15, 0.2) is 0 Å². The van der Waals surface area contributed by atoms with E-state index in [0.29, 0.717) is 12.1 Å². The molecule has 0 aliphatic heterocycles. The van der Waals surface area contributed by atoms with Crippen LogP contribution in [0.15, 0.2) is 12.5 Å². The molecule has 7 N–H and O–H groups in total. The number of hydrogen-bond acceptors (Lipinski definition) is 6. The molecule has 0 bridgehead atoms. The van der Waals surface area contributed by atoms with Crippen LogP contribution in [0, 0.1) is 11.8 Å². The van der Waals surface area contributed by atoms with Gasteiger partial charge in [-0.1, -0.05) is 34.1 Å². The third-order valence-corrected chi connectivity index (χ3v) is 5.25. The molecule has 0 aliphatic rings. The second kappa shape index (κ2) is 12.8. The monoisotopic (exact) mass is 452 g/mol. The van der Waals surface area contributed by atoms with Gasteiger partial charge in [-0.2, -0.15) is 0 Å². The Bertz CT molecular complexity index is 767. The van der Waals surface area contributed by atoms with Crippen LogP contribution in [0.25, 0.3) is 0 Å². The van der Waals surface area contributed by atoms with E-state index in [1.807, 2.05) is 27.7 Å². The van der Waals surface area contributed by atoms with Gasteiger partial charge in [-0.3, -0.25) is 14.4 Å². The van der Waals surface area contributed by atoms with Crippen LogP contribution in [-0.4, -0.2) is 62.9 Å². The third-order valence-electron chi connectivity index (χ3n) is 5.25. The average Bonchev–Trinajstić information content (AvgIpc) is 3.23. The van der Waals surface area contributed by atoms with Crippen molar-refractivity contribution in [3.63, 3.8) is 0 Å². The Morgan fingerprint density at radius 1 is 1.03 bits per heavy atom. The van der Waals surface area contributed by atoms with Crippen molar-refractivity contribution in [2.24, 2.45) is 17.6 Å². The molecule has 180 valence electrons. The minimum absolute atomic E-state index is 0.0602. The molecule has 11 nitrogen and oxygen atoms in total. The van der Waals surface area contributed by atoms with Crippen LogP contribution in [0.1, 0.15) is 53.2 Å². The Morgan fingerprint density at radius 3 is 2.16 bits per heavy atom. The van der Waals surface area contributed by atoms with Gasteiger partial charge >= 0.3 is 5.97 Å². The summed E-state index contributed by atoms with van der Waals surface area (Å²) < 4.78 is 0. The first-order valence-corrected chi connectivity index (χ1v) is 10.8. The average molecular weight is 453 g/mol. The maximum atomic E-state index is 12.9. The van der Waals surface area contributed by atoms with Gasteiger partial charge in [-0.15, -0.1) is 0 Å². The zero-order chi connectivity index (χ0) is 24.4. The number of imidazole rings is 1. The van der Waals surface area contributed by atoms with Gasteiger partial charge in [0.25, 0.3) is 0 Å². The molecule has 1 aromatic heterocycles. The number of nitrogens with two attached hydrogens (primary N) is 1. The highest BCUT2D eigenvalue weighted by Gasteiger charge is 2.30. The molecule has 0 aromatic carbocycles. The van der Waals surface area contributed by atoms with E-state index in [2.05, 4.69) is 25.9 Å². The predicted molar refractivity (Wildman–Crippen MR) is 118 cm³/mol. The van der Waals surface area contributed by atoms with Gasteiger partial charge < -0.3 is 31.8 Å². The van der Waals surface area contributed by atoms with Gasteiger partial charge in [-0.05, 0) is 25.2 Å². The summed E-state index contributed by atoms with van der Waals surface area (Å²) in [7, 11) is 0. The van der Waals surface area contributed by atoms with Gasteiger partial charge in [0.05, 0.1) is 12.4 Å². The number of nitrogens with zero attached hydrogens (tertiary/aromatic N) is 1. The van der Waals surface area contributed by atoms with E-state index in [9.17, 15) is 24.3 Å². The lowest BCUT2D eigenvalue weighted by atomic mass is 9.98. The molecule has 1 aromatic rings. The number of carbonyl (C=O) groups excluding carboxylic acids is 3. The number of hydrogen-bond donors (Lipinski definition) is 6. The van der Waals surface area contributed by atoms with Crippen LogP contribution >= 0.6 is 0 Å². The molecular formula is C21H36N6O5. The topological polar surface area (TPSA) is 179 Å². The van der Waals surface area contributed by atoms with Crippen LogP contribution in [0.5, 0.6) is 0 Å². The first-order valence-electron chi connectivity index (χ1n) is 10.8. The number of carboxylic acids is 1. The highest BCUT2D eigenvalue weighted by atomic mass is 16.4. The first kappa shape index (κ1) is 27.1. The van der Waals surface area contributed by atoms with E-state index in [4.69, 9.17) is 5.73 Å². The minimum atomic E-state index is -1.14. The lowest BCUT2D eigenvalue weighted by Crippen LogP contribution is -2.57. The minimum Gasteiger partial charge on any atom is -0.480 e. The van der Waals surface area contributed by atoms with E-state index < -0.39 is 47.9 Å². The van der Waals surface area contributed by atoms with Crippen molar-refractivity contribution >= 4 is 23.7 Å². The Balaban J connectivity index is 2.86. The number of rotatable bonds is 13. The van der Waals surface area contributed by atoms with Gasteiger partial charge in [-0.25, -0.2) is 9.78 Å². The van der Waals surface area contributed by atoms with E-state index in [0.717, 1.165) is 0 Å². The first-order chi connectivity index (χ1) is 15.0. The van der Waals surface area contributed by atoms with Crippen LogP contribution in [0.2, 0.25) is 0 Å². The van der Waals surface area contributed by atoms with Gasteiger partial charge in [0, 0.05) is 18.3 Å². The molecule has 0 spiro atoms. The Morgan fingerprint density at radius 2 is 1.66 bits per heavy atom. The molecule has 1 heterocycles. The number of aromatic nitrogens is 2. The second-order valence-electron chi connectivity index (χ2n) is 8.51. The Hall–Kier alpha value is -2.95. The summed E-state index contributed by atoms with van der Waals surface area (Å²) >= 11 is 0. The molecule has 0 saturated heterocycles. The van der Waals surface area contributed by atoms with Gasteiger partial charge in [0.1, 0.15) is 18.1 Å². The summed E-state index contributed by atoms with van der Waals surface area (Å²) in [4.78, 5) is 56.1. The quantitative estimate of drug-likeness (QED) is 0.242. The SMILES string of the molecule is CCC(C)C(N)C(=O)NC(Cc1cnc[nH]1)C(=O)NC(C)C(=O)NC(CC(C)C)C(=O)O. The number of amides is 3. The zero-order valence-corrected chi connectivity index (χ0v) is 19.3. The Labute approximate surface area is 188 Å². The number of carboxylic acid groups (broad SMARTS) is 1. The number of H-pyrrole nitrogens is 1. The summed E-state index contributed by atoms with van der Waals surface area (Å²) in [6.07, 6.45) is 4.05. The van der Waals surface area contributed by atoms with E-state index >= 15 is 0 Å². The third kappa shape index (κ3) is 8.66. The molecule has 0 radical (unpaired) electrons. The number of carbonyl (C=O) groups is 4. The van der Waals surface area contributed by atoms with Gasteiger partial charge in [0.2, 0.25) is 17.7 Å². The zero-order valence-electron chi connectivity index (χ0n) is 19.3. The summed E-state index contributed by atoms with van der Waals surface area (Å²) in [5.74, 6) is -2.86. The van der Waals surface area contributed by atoms with E-state index in [1.165, 1.54) is 19.4 Å². The van der Waals surface area contributed by atoms with Crippen molar-refractivity contribution < 1.29 is 24.3 Å². The molecule has 0 saturated carbocycles. The number of aliphatic carboxylic acids is 1. The normalized spacial score (nSPS) is 15.8. The molecule has 0 aliphatic carbocycles. The molecular weight excluding hydrogens is 416 g/mol. The predicted octanol–water partition coefficient (Wildman–Crippen LogP) is -0.0694. The summed E-state index contributed by atoms with van der Waals surface area (Å²) in [6.45, 7) is 8.90. The summed E-state index contributed by atoms with van der Waals surface area (Å²) in [5.41, 5.74) is 6.60. The molecule has 32 heavy (non-hydrogen) atoms. The highest BCUT2D eigenvalue weighted by Crippen LogP contribution is 2.08. The lowest BCUT2D eigenvalue weighted by Gasteiger charge is -2.25. The van der Waals surface area contributed by atoms with Crippen molar-refractivity contribution in [1.82, 2.24) is 25.9 Å². The molecule has 5 atom stereocenters. The second-order valence-corrected chi connectivity index (χ2v) is 8.51. The maximum absolute atomic E-state index is 12.9. The molecule has 11 heteroatoms. The summed E-state index contributed by atoms with van der Waals surface area (Å²) in [5, 5.41) is 16.9. The fraction of sp³-hybridized carbons (Fsp3) is 0.667.